The topological polar surface area (TPSA) is 158 Å². The number of benzene rings is 1. The lowest BCUT2D eigenvalue weighted by Crippen LogP contribution is -2.54. The number of hydrogen-bond donors (Lipinski definition) is 4. The van der Waals surface area contributed by atoms with Gasteiger partial charge < -0.3 is 26.0 Å². The lowest BCUT2D eigenvalue weighted by Gasteiger charge is -2.42. The smallest absolute Gasteiger partial charge is 0.311 e. The number of nitrogens with zero attached hydrogens (tertiary/aromatic N) is 4. The minimum absolute atomic E-state index is 0.00725. The quantitative estimate of drug-likeness (QED) is 0.388. The van der Waals surface area contributed by atoms with E-state index >= 15 is 0 Å². The summed E-state index contributed by atoms with van der Waals surface area (Å²) >= 11 is 0. The van der Waals surface area contributed by atoms with Crippen molar-refractivity contribution in [1.82, 2.24) is 30.4 Å². The summed E-state index contributed by atoms with van der Waals surface area (Å²) in [5, 5.41) is 19.6. The number of aromatic nitrogens is 2. The number of halogens is 1. The van der Waals surface area contributed by atoms with Crippen LogP contribution in [0.4, 0.5) is 4.39 Å². The molecule has 40 heavy (non-hydrogen) atoms. The average molecular weight is 554 g/mol. The number of nitrogens with one attached hydrogen (secondary N) is 3. The van der Waals surface area contributed by atoms with Crippen LogP contribution in [0.3, 0.4) is 0 Å². The van der Waals surface area contributed by atoms with Crippen LogP contribution in [-0.2, 0) is 28.2 Å². The van der Waals surface area contributed by atoms with Crippen LogP contribution in [0.2, 0.25) is 0 Å². The first-order valence-electron chi connectivity index (χ1n) is 13.2. The Balaban J connectivity index is 1.55. The highest BCUT2D eigenvalue weighted by Gasteiger charge is 2.54. The Kier molecular flexibility index (Phi) is 6.84. The van der Waals surface area contributed by atoms with E-state index in [1.165, 1.54) is 30.8 Å². The minimum atomic E-state index is -1.22. The summed E-state index contributed by atoms with van der Waals surface area (Å²) in [5.74, 6) is -2.75. The van der Waals surface area contributed by atoms with Gasteiger partial charge >= 0.3 is 11.8 Å². The number of aliphatic imine (C=N–C) groups is 1. The molecule has 12 nitrogen and oxygen atoms in total. The fourth-order valence-corrected chi connectivity index (χ4v) is 5.86. The first-order chi connectivity index (χ1) is 19.0. The molecule has 1 aromatic heterocycles. The number of amides is 3. The number of aryl methyl sites for hydroxylation is 1. The minimum Gasteiger partial charge on any atom is -0.501 e. The van der Waals surface area contributed by atoms with Crippen LogP contribution in [-0.4, -0.2) is 70.3 Å². The molecule has 4 aliphatic rings. The SMILES string of the molecule is Cc1cc(CNC(=O)c2nc3n(c(=O)c2O)CC2(C4=NCCN4)CCC3(NC(=O)C(=O)N(C)C)CC2)ccc1F. The van der Waals surface area contributed by atoms with E-state index in [9.17, 15) is 28.7 Å². The van der Waals surface area contributed by atoms with Gasteiger partial charge in [-0.25, -0.2) is 9.37 Å². The van der Waals surface area contributed by atoms with E-state index in [1.54, 1.807) is 13.0 Å². The van der Waals surface area contributed by atoms with E-state index in [4.69, 9.17) is 0 Å². The zero-order valence-electron chi connectivity index (χ0n) is 22.6. The highest BCUT2D eigenvalue weighted by molar-refractivity contribution is 6.35. The largest absolute Gasteiger partial charge is 0.501 e. The molecule has 0 saturated heterocycles. The first kappa shape index (κ1) is 27.3. The van der Waals surface area contributed by atoms with Crippen LogP contribution in [0.5, 0.6) is 5.75 Å². The predicted octanol–water partition coefficient (Wildman–Crippen LogP) is 0.302. The monoisotopic (exact) mass is 553 g/mol. The molecule has 6 rings (SSSR count). The van der Waals surface area contributed by atoms with Crippen molar-refractivity contribution >= 4 is 23.6 Å². The van der Waals surface area contributed by atoms with E-state index in [0.29, 0.717) is 49.9 Å². The van der Waals surface area contributed by atoms with Crippen molar-refractivity contribution in [2.75, 3.05) is 27.2 Å². The molecule has 1 saturated carbocycles. The normalized spacial score (nSPS) is 22.9. The van der Waals surface area contributed by atoms with Crippen molar-refractivity contribution in [3.63, 3.8) is 0 Å². The molecule has 1 aromatic carbocycles. The second-order valence-corrected chi connectivity index (χ2v) is 11.0. The standard InChI is InChI=1S/C27H32FN7O5/c1-15-12-16(4-5-17(15)28)13-31-20(37)18-19(36)22(39)35-14-26(24-29-10-11-30-24)6-8-27(9-7-26,25(35)32-18)33-21(38)23(40)34(2)3/h4-5,12,36H,6-11,13-14H2,1-3H3,(H,29,30)(H,31,37)(H,33,38). The Labute approximate surface area is 229 Å². The second kappa shape index (κ2) is 10.0. The van der Waals surface area contributed by atoms with E-state index < -0.39 is 45.7 Å². The maximum Gasteiger partial charge on any atom is 0.311 e. The number of fused-ring (bicyclic) bond motifs is 2. The number of likely N-dealkylation sites (N-methyl/N-ethyl adjacent to an activating group) is 1. The maximum atomic E-state index is 13.6. The Hall–Kier alpha value is -4.29. The molecule has 3 amide bonds. The lowest BCUT2D eigenvalue weighted by molar-refractivity contribution is -0.145. The molecule has 4 N–H and O–H groups in total. The Bertz CT molecular complexity index is 1490. The summed E-state index contributed by atoms with van der Waals surface area (Å²) in [6.07, 6.45) is 1.75. The zero-order chi connectivity index (χ0) is 28.8. The van der Waals surface area contributed by atoms with Crippen LogP contribution in [0, 0.1) is 18.2 Å². The predicted molar refractivity (Wildman–Crippen MR) is 142 cm³/mol. The molecule has 0 spiro atoms. The highest BCUT2D eigenvalue weighted by atomic mass is 19.1. The number of hydrogen-bond acceptors (Lipinski definition) is 8. The first-order valence-corrected chi connectivity index (χ1v) is 13.2. The summed E-state index contributed by atoms with van der Waals surface area (Å²) < 4.78 is 14.9. The fraction of sp³-hybridized carbons (Fsp3) is 0.481. The van der Waals surface area contributed by atoms with Gasteiger partial charge in [-0.15, -0.1) is 0 Å². The number of amidine groups is 1. The van der Waals surface area contributed by atoms with Gasteiger partial charge in [0.05, 0.1) is 12.1 Å². The summed E-state index contributed by atoms with van der Waals surface area (Å²) in [6, 6.07) is 4.39. The van der Waals surface area contributed by atoms with Crippen molar-refractivity contribution in [2.24, 2.45) is 10.4 Å². The van der Waals surface area contributed by atoms with E-state index in [0.717, 1.165) is 10.7 Å². The molecule has 1 aliphatic carbocycles. The molecule has 2 aromatic rings. The molecule has 2 bridgehead atoms. The van der Waals surface area contributed by atoms with Crippen LogP contribution < -0.4 is 21.5 Å². The third kappa shape index (κ3) is 4.58. The van der Waals surface area contributed by atoms with Gasteiger partial charge in [-0.3, -0.25) is 28.7 Å². The molecule has 1 fully saturated rings. The molecule has 13 heteroatoms. The van der Waals surface area contributed by atoms with Crippen molar-refractivity contribution in [1.29, 1.82) is 0 Å². The fourth-order valence-electron chi connectivity index (χ4n) is 5.86. The summed E-state index contributed by atoms with van der Waals surface area (Å²) in [4.78, 5) is 62.5. The van der Waals surface area contributed by atoms with Crippen LogP contribution in [0.1, 0.15) is 53.1 Å². The average Bonchev–Trinajstić information content (AvgIpc) is 3.40. The summed E-state index contributed by atoms with van der Waals surface area (Å²) in [7, 11) is 2.92. The van der Waals surface area contributed by atoms with Crippen molar-refractivity contribution in [3.8, 4) is 5.75 Å². The Morgan fingerprint density at radius 1 is 1.20 bits per heavy atom. The Morgan fingerprint density at radius 3 is 2.55 bits per heavy atom. The molecule has 0 unspecified atom stereocenters. The van der Waals surface area contributed by atoms with Crippen molar-refractivity contribution in [3.05, 3.63) is 57.0 Å². The molecular formula is C27H32FN7O5. The van der Waals surface area contributed by atoms with Gasteiger partial charge in [0.2, 0.25) is 5.75 Å². The van der Waals surface area contributed by atoms with Crippen LogP contribution in [0.15, 0.2) is 28.0 Å². The van der Waals surface area contributed by atoms with Crippen LogP contribution >= 0.6 is 0 Å². The third-order valence-corrected chi connectivity index (χ3v) is 8.12. The van der Waals surface area contributed by atoms with E-state index in [2.05, 4.69) is 25.9 Å². The lowest BCUT2D eigenvalue weighted by atomic mass is 9.67. The van der Waals surface area contributed by atoms with Crippen LogP contribution in [0.25, 0.3) is 0 Å². The van der Waals surface area contributed by atoms with Gasteiger partial charge in [0.25, 0.3) is 11.5 Å². The molecule has 3 aliphatic heterocycles. The van der Waals surface area contributed by atoms with Gasteiger partial charge in [-0.05, 0) is 49.8 Å². The number of carbonyl (C=O) groups excluding carboxylic acids is 3. The van der Waals surface area contributed by atoms with E-state index in [-0.39, 0.29) is 24.7 Å². The van der Waals surface area contributed by atoms with Gasteiger partial charge in [0, 0.05) is 39.1 Å². The second-order valence-electron chi connectivity index (χ2n) is 11.0. The van der Waals surface area contributed by atoms with Gasteiger partial charge in [0.15, 0.2) is 5.69 Å². The highest BCUT2D eigenvalue weighted by Crippen LogP contribution is 2.50. The number of rotatable bonds is 5. The Morgan fingerprint density at radius 2 is 1.93 bits per heavy atom. The third-order valence-electron chi connectivity index (χ3n) is 8.12. The molecule has 4 heterocycles. The number of carbonyl (C=O) groups is 3. The molecule has 0 radical (unpaired) electrons. The number of aromatic hydroxyl groups is 1. The van der Waals surface area contributed by atoms with E-state index in [1.807, 2.05) is 0 Å². The van der Waals surface area contributed by atoms with Gasteiger partial charge in [-0.1, -0.05) is 12.1 Å². The van der Waals surface area contributed by atoms with Crippen molar-refractivity contribution < 1.29 is 23.9 Å². The molecule has 212 valence electrons. The maximum absolute atomic E-state index is 13.6. The van der Waals surface area contributed by atoms with Gasteiger partial charge in [0.1, 0.15) is 17.5 Å². The molecule has 0 atom stereocenters. The van der Waals surface area contributed by atoms with Crippen molar-refractivity contribution in [2.45, 2.75) is 51.2 Å². The summed E-state index contributed by atoms with van der Waals surface area (Å²) in [5.41, 5.74) is -2.06. The summed E-state index contributed by atoms with van der Waals surface area (Å²) in [6.45, 7) is 3.03. The van der Waals surface area contributed by atoms with Gasteiger partial charge in [-0.2, -0.15) is 0 Å². The zero-order valence-corrected chi connectivity index (χ0v) is 22.6. The molecular weight excluding hydrogens is 521 g/mol.